The molecule has 0 saturated carbocycles. The van der Waals surface area contributed by atoms with E-state index in [0.29, 0.717) is 5.56 Å². The highest BCUT2D eigenvalue weighted by molar-refractivity contribution is 7.12. The number of aryl methyl sites for hydroxylation is 1. The number of rotatable bonds is 6. The highest BCUT2D eigenvalue weighted by atomic mass is 32.1. The zero-order valence-electron chi connectivity index (χ0n) is 10.4. The number of alkyl halides is 3. The van der Waals surface area contributed by atoms with Crippen LogP contribution < -0.4 is 5.32 Å². The molecule has 1 heterocycles. The van der Waals surface area contributed by atoms with Gasteiger partial charge in [0.05, 0.1) is 18.7 Å². The van der Waals surface area contributed by atoms with Crippen LogP contribution in [-0.4, -0.2) is 36.4 Å². The molecule has 0 aliphatic heterocycles. The summed E-state index contributed by atoms with van der Waals surface area (Å²) in [5.74, 6) is -1.78. The molecule has 1 rings (SSSR count). The zero-order valence-corrected chi connectivity index (χ0v) is 11.2. The highest BCUT2D eigenvalue weighted by Crippen LogP contribution is 2.27. The summed E-state index contributed by atoms with van der Waals surface area (Å²) in [6.07, 6.45) is -4.72. The summed E-state index contributed by atoms with van der Waals surface area (Å²) in [4.78, 5) is 22.4. The summed E-state index contributed by atoms with van der Waals surface area (Å²) >= 11 is 0.964. The zero-order chi connectivity index (χ0) is 15.3. The summed E-state index contributed by atoms with van der Waals surface area (Å²) in [7, 11) is 0. The molecule has 0 bridgehead atoms. The van der Waals surface area contributed by atoms with Crippen molar-refractivity contribution in [2.45, 2.75) is 19.5 Å². The number of ether oxygens (including phenoxy) is 1. The predicted octanol–water partition coefficient (Wildman–Crippen LogP) is 2.66. The fourth-order valence-corrected chi connectivity index (χ4v) is 2.15. The van der Waals surface area contributed by atoms with Crippen LogP contribution in [0.4, 0.5) is 18.9 Å². The maximum Gasteiger partial charge on any atom is 0.411 e. The Morgan fingerprint density at radius 3 is 2.65 bits per heavy atom. The van der Waals surface area contributed by atoms with Crippen LogP contribution in [0, 0.1) is 6.92 Å². The summed E-state index contributed by atoms with van der Waals surface area (Å²) in [5, 5.41) is 12.8. The van der Waals surface area contributed by atoms with Gasteiger partial charge in [0.15, 0.2) is 0 Å². The first-order chi connectivity index (χ1) is 9.20. The molecule has 0 spiro atoms. The van der Waals surface area contributed by atoms with E-state index in [9.17, 15) is 22.8 Å². The molecule has 0 saturated heterocycles. The topological polar surface area (TPSA) is 75.6 Å². The van der Waals surface area contributed by atoms with Crippen molar-refractivity contribution in [3.8, 4) is 0 Å². The fraction of sp³-hybridized carbons (Fsp3) is 0.455. The van der Waals surface area contributed by atoms with Gasteiger partial charge in [0.1, 0.15) is 11.5 Å². The molecule has 1 amide bonds. The van der Waals surface area contributed by atoms with Crippen LogP contribution in [-0.2, 0) is 9.53 Å². The smallest absolute Gasteiger partial charge is 0.411 e. The van der Waals surface area contributed by atoms with Crippen molar-refractivity contribution in [1.29, 1.82) is 0 Å². The van der Waals surface area contributed by atoms with E-state index in [2.05, 4.69) is 10.1 Å². The number of carboxylic acids is 1. The molecule has 0 aliphatic rings. The number of anilines is 1. The van der Waals surface area contributed by atoms with E-state index < -0.39 is 31.3 Å². The fourth-order valence-electron chi connectivity index (χ4n) is 1.31. The third-order valence-corrected chi connectivity index (χ3v) is 3.26. The van der Waals surface area contributed by atoms with Crippen molar-refractivity contribution < 1.29 is 32.6 Å². The van der Waals surface area contributed by atoms with Crippen LogP contribution >= 0.6 is 11.3 Å². The SMILES string of the molecule is Cc1csc(C(=O)O)c1NC(=O)CCOCC(F)(F)F. The normalized spacial score (nSPS) is 11.4. The quantitative estimate of drug-likeness (QED) is 0.792. The van der Waals surface area contributed by atoms with Gasteiger partial charge in [-0.2, -0.15) is 13.2 Å². The number of carbonyl (C=O) groups excluding carboxylic acids is 1. The van der Waals surface area contributed by atoms with E-state index in [-0.39, 0.29) is 17.0 Å². The lowest BCUT2D eigenvalue weighted by Gasteiger charge is -2.08. The second-order valence-electron chi connectivity index (χ2n) is 3.89. The molecule has 0 radical (unpaired) electrons. The number of nitrogens with one attached hydrogen (secondary N) is 1. The van der Waals surface area contributed by atoms with Crippen LogP contribution in [0.15, 0.2) is 5.38 Å². The van der Waals surface area contributed by atoms with E-state index >= 15 is 0 Å². The van der Waals surface area contributed by atoms with Crippen molar-refractivity contribution in [3.05, 3.63) is 15.8 Å². The number of halogens is 3. The average molecular weight is 311 g/mol. The molecule has 20 heavy (non-hydrogen) atoms. The van der Waals surface area contributed by atoms with Crippen molar-refractivity contribution in [2.75, 3.05) is 18.5 Å². The van der Waals surface area contributed by atoms with E-state index in [4.69, 9.17) is 5.11 Å². The minimum Gasteiger partial charge on any atom is -0.477 e. The third-order valence-electron chi connectivity index (χ3n) is 2.17. The van der Waals surface area contributed by atoms with Crippen LogP contribution in [0.3, 0.4) is 0 Å². The van der Waals surface area contributed by atoms with Gasteiger partial charge in [-0.25, -0.2) is 4.79 Å². The predicted molar refractivity (Wildman–Crippen MR) is 66.1 cm³/mol. The lowest BCUT2D eigenvalue weighted by atomic mass is 10.2. The first-order valence-electron chi connectivity index (χ1n) is 5.46. The first-order valence-corrected chi connectivity index (χ1v) is 6.34. The number of carbonyl (C=O) groups is 2. The van der Waals surface area contributed by atoms with Crippen LogP contribution in [0.2, 0.25) is 0 Å². The molecule has 2 N–H and O–H groups in total. The average Bonchev–Trinajstić information content (AvgIpc) is 2.66. The van der Waals surface area contributed by atoms with Gasteiger partial charge in [-0.15, -0.1) is 11.3 Å². The molecule has 0 fully saturated rings. The third kappa shape index (κ3) is 5.17. The van der Waals surface area contributed by atoms with Crippen LogP contribution in [0.25, 0.3) is 0 Å². The van der Waals surface area contributed by atoms with Crippen molar-refractivity contribution in [1.82, 2.24) is 0 Å². The Hall–Kier alpha value is -1.61. The number of aromatic carboxylic acids is 1. The largest absolute Gasteiger partial charge is 0.477 e. The Morgan fingerprint density at radius 1 is 1.45 bits per heavy atom. The highest BCUT2D eigenvalue weighted by Gasteiger charge is 2.27. The van der Waals surface area contributed by atoms with E-state index in [1.54, 1.807) is 12.3 Å². The molecule has 0 aromatic carbocycles. The number of amides is 1. The Morgan fingerprint density at radius 2 is 2.10 bits per heavy atom. The Kier molecular flexibility index (Phi) is 5.52. The van der Waals surface area contributed by atoms with Gasteiger partial charge in [0, 0.05) is 0 Å². The monoisotopic (exact) mass is 311 g/mol. The van der Waals surface area contributed by atoms with Gasteiger partial charge in [0.2, 0.25) is 5.91 Å². The molecule has 0 aliphatic carbocycles. The second kappa shape index (κ2) is 6.71. The van der Waals surface area contributed by atoms with Crippen LogP contribution in [0.5, 0.6) is 0 Å². The standard InChI is InChI=1S/C11H12F3NO4S/c1-6-4-20-9(10(17)18)8(6)15-7(16)2-3-19-5-11(12,13)14/h4H,2-3,5H2,1H3,(H,15,16)(H,17,18). The van der Waals surface area contributed by atoms with E-state index in [1.165, 1.54) is 0 Å². The number of hydrogen-bond acceptors (Lipinski definition) is 4. The minimum atomic E-state index is -4.43. The van der Waals surface area contributed by atoms with Gasteiger partial charge in [-0.3, -0.25) is 4.79 Å². The lowest BCUT2D eigenvalue weighted by Crippen LogP contribution is -2.20. The van der Waals surface area contributed by atoms with Crippen molar-refractivity contribution in [2.24, 2.45) is 0 Å². The van der Waals surface area contributed by atoms with Gasteiger partial charge in [-0.05, 0) is 17.9 Å². The molecule has 1 aromatic heterocycles. The second-order valence-corrected chi connectivity index (χ2v) is 4.77. The Balaban J connectivity index is 2.47. The summed E-state index contributed by atoms with van der Waals surface area (Å²) in [5.41, 5.74) is 0.750. The number of carboxylic acid groups (broad SMARTS) is 1. The number of hydrogen-bond donors (Lipinski definition) is 2. The molecule has 1 aromatic rings. The van der Waals surface area contributed by atoms with Gasteiger partial charge < -0.3 is 15.2 Å². The molecule has 9 heteroatoms. The number of thiophene rings is 1. The van der Waals surface area contributed by atoms with Crippen molar-refractivity contribution >= 4 is 28.9 Å². The van der Waals surface area contributed by atoms with E-state index in [1.807, 2.05) is 0 Å². The molecule has 5 nitrogen and oxygen atoms in total. The lowest BCUT2D eigenvalue weighted by molar-refractivity contribution is -0.174. The Bertz CT molecular complexity index is 498. The van der Waals surface area contributed by atoms with Crippen molar-refractivity contribution in [3.63, 3.8) is 0 Å². The molecule has 0 atom stereocenters. The summed E-state index contributed by atoms with van der Waals surface area (Å²) < 4.78 is 39.7. The van der Waals surface area contributed by atoms with Gasteiger partial charge in [-0.1, -0.05) is 0 Å². The van der Waals surface area contributed by atoms with Crippen LogP contribution in [0.1, 0.15) is 21.7 Å². The maximum absolute atomic E-state index is 11.8. The molecule has 0 unspecified atom stereocenters. The molecular formula is C11H12F3NO4S. The maximum atomic E-state index is 11.8. The van der Waals surface area contributed by atoms with Gasteiger partial charge >= 0.3 is 12.1 Å². The Labute approximate surface area is 116 Å². The van der Waals surface area contributed by atoms with E-state index in [0.717, 1.165) is 11.3 Å². The summed E-state index contributed by atoms with van der Waals surface area (Å²) in [6, 6.07) is 0. The van der Waals surface area contributed by atoms with Gasteiger partial charge in [0.25, 0.3) is 0 Å². The minimum absolute atomic E-state index is 0.0212. The summed E-state index contributed by atoms with van der Waals surface area (Å²) in [6.45, 7) is -0.187. The first kappa shape index (κ1) is 16.4. The molecular weight excluding hydrogens is 299 g/mol. The molecule has 112 valence electrons.